The van der Waals surface area contributed by atoms with Crippen LogP contribution in [0.4, 0.5) is 0 Å². The van der Waals surface area contributed by atoms with E-state index in [9.17, 15) is 0 Å². The zero-order chi connectivity index (χ0) is 13.0. The van der Waals surface area contributed by atoms with Crippen molar-refractivity contribution >= 4 is 15.9 Å². The number of nitrogens with one attached hydrogen (secondary N) is 1. The van der Waals surface area contributed by atoms with Crippen molar-refractivity contribution in [1.29, 1.82) is 0 Å². The van der Waals surface area contributed by atoms with Crippen molar-refractivity contribution in [2.75, 3.05) is 0 Å². The topological polar surface area (TPSA) is 29.9 Å². The van der Waals surface area contributed by atoms with Crippen LogP contribution >= 0.6 is 15.9 Å². The van der Waals surface area contributed by atoms with Crippen molar-refractivity contribution in [3.8, 4) is 0 Å². The summed E-state index contributed by atoms with van der Waals surface area (Å²) in [6, 6.07) is 8.71. The van der Waals surface area contributed by atoms with Crippen molar-refractivity contribution in [3.63, 3.8) is 0 Å². The monoisotopic (exact) mass is 307 g/mol. The lowest BCUT2D eigenvalue weighted by molar-refractivity contribution is 0.573. The van der Waals surface area contributed by atoms with Gasteiger partial charge in [-0.25, -0.2) is 0 Å². The molecule has 0 radical (unpaired) electrons. The first-order valence-corrected chi connectivity index (χ1v) is 6.98. The van der Waals surface area contributed by atoms with Crippen LogP contribution in [0.15, 0.2) is 41.1 Å². The third-order valence-corrected chi connectivity index (χ3v) is 3.47. The van der Waals surface area contributed by atoms with Gasteiger partial charge < -0.3 is 5.32 Å². The number of halogens is 1. The summed E-state index contributed by atoms with van der Waals surface area (Å²) in [5, 5.41) is 7.77. The Morgan fingerprint density at radius 2 is 2.28 bits per heavy atom. The van der Waals surface area contributed by atoms with Gasteiger partial charge in [0.2, 0.25) is 0 Å². The molecule has 1 aromatic heterocycles. The van der Waals surface area contributed by atoms with E-state index in [4.69, 9.17) is 0 Å². The molecule has 0 fully saturated rings. The van der Waals surface area contributed by atoms with Crippen LogP contribution in [0.2, 0.25) is 0 Å². The zero-order valence-corrected chi connectivity index (χ0v) is 12.3. The fourth-order valence-corrected chi connectivity index (χ4v) is 2.25. The molecule has 3 nitrogen and oxygen atoms in total. The number of nitrogens with zero attached hydrogens (tertiary/aromatic N) is 2. The first-order chi connectivity index (χ1) is 8.69. The van der Waals surface area contributed by atoms with E-state index < -0.39 is 0 Å². The predicted molar refractivity (Wildman–Crippen MR) is 77.3 cm³/mol. The van der Waals surface area contributed by atoms with Crippen LogP contribution in [-0.4, -0.2) is 9.78 Å². The lowest BCUT2D eigenvalue weighted by Gasteiger charge is -2.13. The highest BCUT2D eigenvalue weighted by Gasteiger charge is 2.05. The Morgan fingerprint density at radius 3 is 2.94 bits per heavy atom. The second-order valence-electron chi connectivity index (χ2n) is 4.36. The number of hydrogen-bond donors (Lipinski definition) is 1. The standard InChI is InChI=1S/C14H18BrN3/c1-3-18-10-12(9-17-18)8-16-11(2)13-5-4-6-14(15)7-13/h4-7,9-11,16H,3,8H2,1-2H3. The summed E-state index contributed by atoms with van der Waals surface area (Å²) in [4.78, 5) is 0. The average molecular weight is 308 g/mol. The Morgan fingerprint density at radius 1 is 1.44 bits per heavy atom. The molecule has 0 aliphatic rings. The van der Waals surface area contributed by atoms with E-state index in [1.807, 2.05) is 16.9 Å². The highest BCUT2D eigenvalue weighted by atomic mass is 79.9. The quantitative estimate of drug-likeness (QED) is 0.916. The number of benzene rings is 1. The molecule has 18 heavy (non-hydrogen) atoms. The smallest absolute Gasteiger partial charge is 0.0534 e. The van der Waals surface area contributed by atoms with Crippen LogP contribution in [0, 0.1) is 0 Å². The number of rotatable bonds is 5. The average Bonchev–Trinajstić information content (AvgIpc) is 2.84. The second-order valence-corrected chi connectivity index (χ2v) is 5.28. The van der Waals surface area contributed by atoms with Crippen molar-refractivity contribution in [3.05, 3.63) is 52.3 Å². The minimum atomic E-state index is 0.326. The Kier molecular flexibility index (Phi) is 4.55. The molecular formula is C14H18BrN3. The highest BCUT2D eigenvalue weighted by Crippen LogP contribution is 2.18. The maximum Gasteiger partial charge on any atom is 0.0534 e. The van der Waals surface area contributed by atoms with E-state index >= 15 is 0 Å². The molecule has 0 saturated heterocycles. The summed E-state index contributed by atoms with van der Waals surface area (Å²) in [6.45, 7) is 6.02. The van der Waals surface area contributed by atoms with Gasteiger partial charge in [-0.3, -0.25) is 4.68 Å². The molecule has 0 bridgehead atoms. The van der Waals surface area contributed by atoms with Gasteiger partial charge in [0.25, 0.3) is 0 Å². The van der Waals surface area contributed by atoms with Crippen molar-refractivity contribution in [1.82, 2.24) is 15.1 Å². The predicted octanol–water partition coefficient (Wildman–Crippen LogP) is 3.52. The van der Waals surface area contributed by atoms with Gasteiger partial charge >= 0.3 is 0 Å². The van der Waals surface area contributed by atoms with Crippen LogP contribution in [0.1, 0.15) is 31.0 Å². The number of aryl methyl sites for hydroxylation is 1. The summed E-state index contributed by atoms with van der Waals surface area (Å²) < 4.78 is 3.06. The van der Waals surface area contributed by atoms with Gasteiger partial charge in [-0.05, 0) is 31.5 Å². The first-order valence-electron chi connectivity index (χ1n) is 6.19. The number of hydrogen-bond acceptors (Lipinski definition) is 2. The molecule has 2 rings (SSSR count). The Hall–Kier alpha value is -1.13. The van der Waals surface area contributed by atoms with Crippen LogP contribution in [0.3, 0.4) is 0 Å². The molecule has 0 spiro atoms. The molecular weight excluding hydrogens is 290 g/mol. The summed E-state index contributed by atoms with van der Waals surface area (Å²) in [6.07, 6.45) is 4.00. The van der Waals surface area contributed by atoms with Gasteiger partial charge in [0.15, 0.2) is 0 Å². The van der Waals surface area contributed by atoms with Crippen molar-refractivity contribution in [2.24, 2.45) is 0 Å². The molecule has 0 aliphatic heterocycles. The van der Waals surface area contributed by atoms with Gasteiger partial charge in [0, 0.05) is 35.4 Å². The van der Waals surface area contributed by atoms with Crippen LogP contribution < -0.4 is 5.32 Å². The summed E-state index contributed by atoms with van der Waals surface area (Å²) in [5.74, 6) is 0. The molecule has 1 aromatic carbocycles. The fraction of sp³-hybridized carbons (Fsp3) is 0.357. The van der Waals surface area contributed by atoms with E-state index in [2.05, 4.69) is 64.6 Å². The summed E-state index contributed by atoms with van der Waals surface area (Å²) in [7, 11) is 0. The molecule has 96 valence electrons. The van der Waals surface area contributed by atoms with E-state index in [1.165, 1.54) is 11.1 Å². The van der Waals surface area contributed by atoms with Crippen LogP contribution in [-0.2, 0) is 13.1 Å². The van der Waals surface area contributed by atoms with Crippen LogP contribution in [0.25, 0.3) is 0 Å². The Bertz CT molecular complexity index is 507. The molecule has 1 unspecified atom stereocenters. The van der Waals surface area contributed by atoms with Crippen molar-refractivity contribution < 1.29 is 0 Å². The molecule has 1 atom stereocenters. The maximum atomic E-state index is 4.27. The molecule has 0 aliphatic carbocycles. The van der Waals surface area contributed by atoms with Gasteiger partial charge in [-0.2, -0.15) is 5.10 Å². The highest BCUT2D eigenvalue weighted by molar-refractivity contribution is 9.10. The van der Waals surface area contributed by atoms with Gasteiger partial charge in [-0.1, -0.05) is 28.1 Å². The lowest BCUT2D eigenvalue weighted by atomic mass is 10.1. The minimum absolute atomic E-state index is 0.326. The maximum absolute atomic E-state index is 4.27. The van der Waals surface area contributed by atoms with E-state index in [0.29, 0.717) is 6.04 Å². The zero-order valence-electron chi connectivity index (χ0n) is 10.7. The number of aromatic nitrogens is 2. The van der Waals surface area contributed by atoms with E-state index in [-0.39, 0.29) is 0 Å². The molecule has 4 heteroatoms. The largest absolute Gasteiger partial charge is 0.306 e. The lowest BCUT2D eigenvalue weighted by Crippen LogP contribution is -2.17. The molecule has 1 heterocycles. The second kappa shape index (κ2) is 6.16. The summed E-state index contributed by atoms with van der Waals surface area (Å²) >= 11 is 3.50. The fourth-order valence-electron chi connectivity index (χ4n) is 1.84. The van der Waals surface area contributed by atoms with E-state index in [1.54, 1.807) is 0 Å². The Labute approximate surface area is 116 Å². The van der Waals surface area contributed by atoms with Crippen molar-refractivity contribution in [2.45, 2.75) is 33.0 Å². The minimum Gasteiger partial charge on any atom is -0.306 e. The summed E-state index contributed by atoms with van der Waals surface area (Å²) in [5.41, 5.74) is 2.51. The van der Waals surface area contributed by atoms with E-state index in [0.717, 1.165) is 17.6 Å². The normalized spacial score (nSPS) is 12.6. The van der Waals surface area contributed by atoms with Gasteiger partial charge in [-0.15, -0.1) is 0 Å². The molecule has 1 N–H and O–H groups in total. The Balaban J connectivity index is 1.93. The molecule has 0 saturated carbocycles. The van der Waals surface area contributed by atoms with Crippen LogP contribution in [0.5, 0.6) is 0 Å². The molecule has 2 aromatic rings. The SMILES string of the molecule is CCn1cc(CNC(C)c2cccc(Br)c2)cn1. The third-order valence-electron chi connectivity index (χ3n) is 2.97. The molecule has 0 amide bonds. The van der Waals surface area contributed by atoms with Gasteiger partial charge in [0.05, 0.1) is 6.20 Å². The van der Waals surface area contributed by atoms with Gasteiger partial charge in [0.1, 0.15) is 0 Å². The first kappa shape index (κ1) is 13.3. The third kappa shape index (κ3) is 3.43.